The summed E-state index contributed by atoms with van der Waals surface area (Å²) in [4.78, 5) is 27.0. The van der Waals surface area contributed by atoms with E-state index >= 15 is 0 Å². The van der Waals surface area contributed by atoms with E-state index in [4.69, 9.17) is 0 Å². The Morgan fingerprint density at radius 1 is 1.12 bits per heavy atom. The van der Waals surface area contributed by atoms with Crippen LogP contribution >= 0.6 is 22.7 Å². The monoisotopic (exact) mass is 356 g/mol. The van der Waals surface area contributed by atoms with Crippen molar-refractivity contribution >= 4 is 44.6 Å². The smallest absolute Gasteiger partial charge is 0.264 e. The Morgan fingerprint density at radius 2 is 1.96 bits per heavy atom. The van der Waals surface area contributed by atoms with Gasteiger partial charge in [0.05, 0.1) is 4.88 Å². The van der Waals surface area contributed by atoms with Crippen molar-refractivity contribution in [2.75, 3.05) is 18.0 Å². The maximum atomic E-state index is 13.0. The maximum Gasteiger partial charge on any atom is 0.264 e. The van der Waals surface area contributed by atoms with Crippen LogP contribution < -0.4 is 4.90 Å². The first kappa shape index (κ1) is 14.4. The summed E-state index contributed by atoms with van der Waals surface area (Å²) >= 11 is 3.30. The molecule has 0 aliphatic carbocycles. The number of carbonyl (C=O) groups is 1. The van der Waals surface area contributed by atoms with E-state index in [0.29, 0.717) is 6.04 Å². The SMILES string of the molecule is O=C(c1cc2cscc2s1)N1CC2CCC1CN2c1ncccn1. The largest absolute Gasteiger partial charge is 0.334 e. The predicted octanol–water partition coefficient (Wildman–Crippen LogP) is 3.25. The van der Waals surface area contributed by atoms with Gasteiger partial charge in [-0.2, -0.15) is 11.3 Å². The van der Waals surface area contributed by atoms with Gasteiger partial charge in [0, 0.05) is 53.0 Å². The van der Waals surface area contributed by atoms with E-state index in [1.165, 1.54) is 10.1 Å². The molecule has 1 amide bonds. The number of thiophene rings is 2. The highest BCUT2D eigenvalue weighted by atomic mass is 32.1. The molecule has 0 N–H and O–H groups in total. The number of carbonyl (C=O) groups excluding carboxylic acids is 1. The lowest BCUT2D eigenvalue weighted by Crippen LogP contribution is -2.64. The fourth-order valence-corrected chi connectivity index (χ4v) is 5.75. The number of hydrogen-bond acceptors (Lipinski definition) is 6. The van der Waals surface area contributed by atoms with Crippen molar-refractivity contribution < 1.29 is 4.79 Å². The molecule has 7 heteroatoms. The first-order chi connectivity index (χ1) is 11.8. The van der Waals surface area contributed by atoms with Gasteiger partial charge in [-0.05, 0) is 30.4 Å². The summed E-state index contributed by atoms with van der Waals surface area (Å²) in [7, 11) is 0. The number of anilines is 1. The van der Waals surface area contributed by atoms with Crippen LogP contribution in [-0.2, 0) is 0 Å². The molecule has 5 nitrogen and oxygen atoms in total. The number of amides is 1. The van der Waals surface area contributed by atoms with Gasteiger partial charge in [0.1, 0.15) is 0 Å². The Bertz CT molecular complexity index is 862. The topological polar surface area (TPSA) is 49.3 Å². The Balaban J connectivity index is 1.39. The van der Waals surface area contributed by atoms with Crippen molar-refractivity contribution in [3.05, 3.63) is 40.2 Å². The van der Waals surface area contributed by atoms with Gasteiger partial charge in [-0.25, -0.2) is 9.97 Å². The molecule has 2 atom stereocenters. The molecule has 122 valence electrons. The summed E-state index contributed by atoms with van der Waals surface area (Å²) in [5.41, 5.74) is 0. The van der Waals surface area contributed by atoms with Crippen LogP contribution in [0.4, 0.5) is 5.95 Å². The number of piperazine rings is 1. The van der Waals surface area contributed by atoms with E-state index in [1.807, 2.05) is 12.1 Å². The second-order valence-corrected chi connectivity index (χ2v) is 8.17. The van der Waals surface area contributed by atoms with Crippen molar-refractivity contribution in [2.24, 2.45) is 0 Å². The Labute approximate surface area is 147 Å². The van der Waals surface area contributed by atoms with Gasteiger partial charge in [0.15, 0.2) is 0 Å². The van der Waals surface area contributed by atoms with Gasteiger partial charge in [-0.3, -0.25) is 4.79 Å². The van der Waals surface area contributed by atoms with Gasteiger partial charge in [0.2, 0.25) is 5.95 Å². The third-order valence-electron chi connectivity index (χ3n) is 4.97. The van der Waals surface area contributed by atoms with Crippen molar-refractivity contribution in [1.29, 1.82) is 0 Å². The van der Waals surface area contributed by atoms with E-state index in [2.05, 4.69) is 30.5 Å². The Morgan fingerprint density at radius 3 is 2.71 bits per heavy atom. The quantitative estimate of drug-likeness (QED) is 0.707. The Kier molecular flexibility index (Phi) is 3.31. The third kappa shape index (κ3) is 2.22. The highest BCUT2D eigenvalue weighted by molar-refractivity contribution is 7.24. The minimum absolute atomic E-state index is 0.185. The average Bonchev–Trinajstić information content (AvgIpc) is 3.24. The number of fused-ring (bicyclic) bond motifs is 4. The summed E-state index contributed by atoms with van der Waals surface area (Å²) in [5.74, 6) is 0.972. The van der Waals surface area contributed by atoms with Gasteiger partial charge in [0.25, 0.3) is 5.91 Å². The molecule has 3 aromatic heterocycles. The number of rotatable bonds is 2. The number of hydrogen-bond donors (Lipinski definition) is 0. The minimum atomic E-state index is 0.185. The minimum Gasteiger partial charge on any atom is -0.334 e. The van der Waals surface area contributed by atoms with Gasteiger partial charge < -0.3 is 9.80 Å². The van der Waals surface area contributed by atoms with E-state index in [1.54, 1.807) is 35.1 Å². The van der Waals surface area contributed by atoms with Gasteiger partial charge in [-0.15, -0.1) is 11.3 Å². The van der Waals surface area contributed by atoms with Crippen molar-refractivity contribution in [1.82, 2.24) is 14.9 Å². The van der Waals surface area contributed by atoms with Crippen LogP contribution in [0.3, 0.4) is 0 Å². The third-order valence-corrected chi connectivity index (χ3v) is 6.97. The molecular formula is C17H16N4OS2. The molecule has 24 heavy (non-hydrogen) atoms. The molecule has 0 radical (unpaired) electrons. The predicted molar refractivity (Wildman–Crippen MR) is 96.9 cm³/mol. The number of piperidine rings is 2. The lowest BCUT2D eigenvalue weighted by molar-refractivity contribution is 0.0507. The summed E-state index contributed by atoms with van der Waals surface area (Å²) in [6.07, 6.45) is 5.74. The van der Waals surface area contributed by atoms with Crippen LogP contribution in [0.5, 0.6) is 0 Å². The molecule has 0 spiro atoms. The first-order valence-electron chi connectivity index (χ1n) is 8.10. The maximum absolute atomic E-state index is 13.0. The molecule has 3 aromatic rings. The molecule has 3 fully saturated rings. The van der Waals surface area contributed by atoms with E-state index < -0.39 is 0 Å². The molecule has 3 aliphatic rings. The second-order valence-electron chi connectivity index (χ2n) is 6.35. The summed E-state index contributed by atoms with van der Waals surface area (Å²) < 4.78 is 1.21. The zero-order valence-corrected chi connectivity index (χ0v) is 14.6. The summed E-state index contributed by atoms with van der Waals surface area (Å²) in [6.45, 7) is 1.60. The highest BCUT2D eigenvalue weighted by Gasteiger charge is 2.42. The molecular weight excluding hydrogens is 340 g/mol. The van der Waals surface area contributed by atoms with E-state index in [9.17, 15) is 4.79 Å². The fraction of sp³-hybridized carbons (Fsp3) is 0.353. The van der Waals surface area contributed by atoms with E-state index in [0.717, 1.165) is 36.8 Å². The fourth-order valence-electron chi connectivity index (χ4n) is 3.78. The van der Waals surface area contributed by atoms with Crippen LogP contribution in [0.1, 0.15) is 22.5 Å². The van der Waals surface area contributed by atoms with E-state index in [-0.39, 0.29) is 11.9 Å². The van der Waals surface area contributed by atoms with Crippen LogP contribution in [0.15, 0.2) is 35.3 Å². The van der Waals surface area contributed by atoms with Crippen molar-refractivity contribution in [3.8, 4) is 0 Å². The zero-order valence-electron chi connectivity index (χ0n) is 13.0. The van der Waals surface area contributed by atoms with Crippen LogP contribution in [0.2, 0.25) is 0 Å². The van der Waals surface area contributed by atoms with Crippen LogP contribution in [-0.4, -0.2) is 45.9 Å². The molecule has 0 saturated carbocycles. The standard InChI is InChI=1S/C17H16N4OS2/c22-16(14-6-11-9-23-10-15(11)24-14)20-7-13-3-2-12(20)8-21(13)17-18-4-1-5-19-17/h1,4-6,9-10,12-13H,2-3,7-8H2. The second kappa shape index (κ2) is 5.53. The zero-order chi connectivity index (χ0) is 16.1. The van der Waals surface area contributed by atoms with Crippen molar-refractivity contribution in [2.45, 2.75) is 24.9 Å². The Hall–Kier alpha value is -1.99. The average molecular weight is 356 g/mol. The number of nitrogens with zero attached hydrogens (tertiary/aromatic N) is 4. The molecule has 3 aliphatic heterocycles. The summed E-state index contributed by atoms with van der Waals surface area (Å²) in [6, 6.07) is 4.45. The van der Waals surface area contributed by atoms with Crippen LogP contribution in [0, 0.1) is 0 Å². The summed E-state index contributed by atoms with van der Waals surface area (Å²) in [5, 5.41) is 5.42. The van der Waals surface area contributed by atoms with Crippen LogP contribution in [0.25, 0.3) is 10.1 Å². The molecule has 0 aromatic carbocycles. The van der Waals surface area contributed by atoms with Gasteiger partial charge in [-0.1, -0.05) is 0 Å². The number of aromatic nitrogens is 2. The highest BCUT2D eigenvalue weighted by Crippen LogP contribution is 2.34. The molecule has 2 bridgehead atoms. The molecule has 6 rings (SSSR count). The van der Waals surface area contributed by atoms with Crippen molar-refractivity contribution in [3.63, 3.8) is 0 Å². The molecule has 6 heterocycles. The molecule has 2 unspecified atom stereocenters. The lowest BCUT2D eigenvalue weighted by Gasteiger charge is -2.51. The first-order valence-corrected chi connectivity index (χ1v) is 9.86. The lowest BCUT2D eigenvalue weighted by atomic mass is 9.91. The molecule has 3 saturated heterocycles. The normalized spacial score (nSPS) is 23.2. The van der Waals surface area contributed by atoms with Gasteiger partial charge >= 0.3 is 0 Å².